The number of hydrogen-bond acceptors (Lipinski definition) is 4. The molecule has 1 unspecified atom stereocenters. The van der Waals surface area contributed by atoms with Crippen molar-refractivity contribution in [1.82, 2.24) is 20.2 Å². The van der Waals surface area contributed by atoms with Crippen LogP contribution in [0.2, 0.25) is 10.0 Å². The van der Waals surface area contributed by atoms with Crippen LogP contribution in [0.15, 0.2) is 30.6 Å². The quantitative estimate of drug-likeness (QED) is 0.587. The predicted octanol–water partition coefficient (Wildman–Crippen LogP) is 5.10. The van der Waals surface area contributed by atoms with Crippen LogP contribution in [-0.4, -0.2) is 46.3 Å². The standard InChI is InChI=1S/C20H20Cl2F4N4O/c1-19(23,24)18-28-9-12(10-29-18)15(30-7-5-20(25,26)6-8-30)11-27-17(31)13-3-2-4-14(21)16(13)22/h2-4,9-10,15H,5-8,11H2,1H3,(H,27,31). The summed E-state index contributed by atoms with van der Waals surface area (Å²) in [6, 6.07) is 4.03. The number of nitrogens with zero attached hydrogens (tertiary/aromatic N) is 3. The Morgan fingerprint density at radius 1 is 1.23 bits per heavy atom. The molecule has 0 radical (unpaired) electrons. The van der Waals surface area contributed by atoms with Crippen LogP contribution in [0.25, 0.3) is 0 Å². The third-order valence-electron chi connectivity index (χ3n) is 5.07. The topological polar surface area (TPSA) is 58.1 Å². The van der Waals surface area contributed by atoms with E-state index < -0.39 is 29.6 Å². The van der Waals surface area contributed by atoms with E-state index in [-0.39, 0.29) is 48.1 Å². The molecule has 11 heteroatoms. The summed E-state index contributed by atoms with van der Waals surface area (Å²) in [6.45, 7) is 0.827. The highest BCUT2D eigenvalue weighted by Crippen LogP contribution is 2.33. The fourth-order valence-corrected chi connectivity index (χ4v) is 3.71. The van der Waals surface area contributed by atoms with Gasteiger partial charge in [0, 0.05) is 57.4 Å². The molecule has 1 aliphatic heterocycles. The van der Waals surface area contributed by atoms with E-state index in [1.165, 1.54) is 18.5 Å². The largest absolute Gasteiger partial charge is 0.350 e. The van der Waals surface area contributed by atoms with Gasteiger partial charge in [-0.15, -0.1) is 0 Å². The van der Waals surface area contributed by atoms with Gasteiger partial charge in [0.2, 0.25) is 0 Å². The van der Waals surface area contributed by atoms with Crippen LogP contribution in [0.4, 0.5) is 17.6 Å². The highest BCUT2D eigenvalue weighted by Gasteiger charge is 2.37. The minimum absolute atomic E-state index is 0.0124. The highest BCUT2D eigenvalue weighted by molar-refractivity contribution is 6.43. The van der Waals surface area contributed by atoms with Crippen LogP contribution in [0.3, 0.4) is 0 Å². The Morgan fingerprint density at radius 3 is 2.42 bits per heavy atom. The summed E-state index contributed by atoms with van der Waals surface area (Å²) in [6.07, 6.45) is 1.78. The summed E-state index contributed by atoms with van der Waals surface area (Å²) in [5.74, 6) is -7.12. The Bertz CT molecular complexity index is 928. The molecule has 0 bridgehead atoms. The summed E-state index contributed by atoms with van der Waals surface area (Å²) < 4.78 is 54.1. The van der Waals surface area contributed by atoms with Gasteiger partial charge in [0.25, 0.3) is 11.8 Å². The van der Waals surface area contributed by atoms with Gasteiger partial charge in [0.15, 0.2) is 5.82 Å². The molecule has 0 aliphatic carbocycles. The number of hydrogen-bond donors (Lipinski definition) is 1. The third-order valence-corrected chi connectivity index (χ3v) is 5.89. The molecule has 1 fully saturated rings. The Morgan fingerprint density at radius 2 is 1.84 bits per heavy atom. The van der Waals surface area contributed by atoms with Gasteiger partial charge in [0.1, 0.15) is 0 Å². The normalized spacial score (nSPS) is 17.9. The Labute approximate surface area is 186 Å². The van der Waals surface area contributed by atoms with E-state index >= 15 is 0 Å². The third kappa shape index (κ3) is 5.84. The maximum atomic E-state index is 13.6. The van der Waals surface area contributed by atoms with Crippen LogP contribution >= 0.6 is 23.2 Å². The first-order chi connectivity index (χ1) is 14.5. The zero-order valence-corrected chi connectivity index (χ0v) is 18.0. The zero-order valence-electron chi connectivity index (χ0n) is 16.5. The molecule has 1 saturated heterocycles. The van der Waals surface area contributed by atoms with Crippen molar-refractivity contribution in [3.63, 3.8) is 0 Å². The van der Waals surface area contributed by atoms with Crippen LogP contribution in [0.1, 0.15) is 47.6 Å². The van der Waals surface area contributed by atoms with Crippen molar-refractivity contribution in [2.75, 3.05) is 19.6 Å². The first-order valence-electron chi connectivity index (χ1n) is 9.52. The number of carbonyl (C=O) groups excluding carboxylic acids is 1. The molecule has 1 atom stereocenters. The van der Waals surface area contributed by atoms with E-state index in [0.29, 0.717) is 12.5 Å². The molecular formula is C20H20Cl2F4N4O. The van der Waals surface area contributed by atoms with E-state index in [2.05, 4.69) is 15.3 Å². The van der Waals surface area contributed by atoms with Gasteiger partial charge in [-0.3, -0.25) is 9.69 Å². The molecule has 5 nitrogen and oxygen atoms in total. The van der Waals surface area contributed by atoms with Crippen molar-refractivity contribution in [2.24, 2.45) is 0 Å². The average Bonchev–Trinajstić information content (AvgIpc) is 2.70. The number of alkyl halides is 4. The van der Waals surface area contributed by atoms with Crippen LogP contribution in [0.5, 0.6) is 0 Å². The molecule has 0 saturated carbocycles. The molecule has 1 N–H and O–H groups in total. The van der Waals surface area contributed by atoms with Crippen molar-refractivity contribution in [2.45, 2.75) is 37.7 Å². The second-order valence-electron chi connectivity index (χ2n) is 7.45. The molecule has 1 amide bonds. The lowest BCUT2D eigenvalue weighted by atomic mass is 10.0. The number of piperidine rings is 1. The monoisotopic (exact) mass is 478 g/mol. The van der Waals surface area contributed by atoms with Crippen molar-refractivity contribution in [3.05, 3.63) is 57.6 Å². The number of carbonyl (C=O) groups is 1. The SMILES string of the molecule is CC(F)(F)c1ncc(C(CNC(=O)c2cccc(Cl)c2Cl)N2CCC(F)(F)CC2)cn1. The van der Waals surface area contributed by atoms with Gasteiger partial charge in [-0.25, -0.2) is 18.7 Å². The Kier molecular flexibility index (Phi) is 7.08. The number of amides is 1. The number of halogens is 6. The van der Waals surface area contributed by atoms with Gasteiger partial charge in [-0.05, 0) is 12.1 Å². The number of likely N-dealkylation sites (tertiary alicyclic amines) is 1. The molecule has 2 heterocycles. The molecular weight excluding hydrogens is 459 g/mol. The van der Waals surface area contributed by atoms with Gasteiger partial charge in [0.05, 0.1) is 21.7 Å². The number of aromatic nitrogens is 2. The van der Waals surface area contributed by atoms with E-state index in [1.807, 2.05) is 0 Å². The van der Waals surface area contributed by atoms with Gasteiger partial charge < -0.3 is 5.32 Å². The first-order valence-corrected chi connectivity index (χ1v) is 10.3. The molecule has 168 valence electrons. The van der Waals surface area contributed by atoms with Crippen molar-refractivity contribution < 1.29 is 22.4 Å². The van der Waals surface area contributed by atoms with Gasteiger partial charge >= 0.3 is 5.92 Å². The fourth-order valence-electron chi connectivity index (χ4n) is 3.32. The molecule has 2 aromatic rings. The van der Waals surface area contributed by atoms with Crippen LogP contribution in [0, 0.1) is 0 Å². The second-order valence-corrected chi connectivity index (χ2v) is 8.23. The lowest BCUT2D eigenvalue weighted by molar-refractivity contribution is -0.0633. The lowest BCUT2D eigenvalue weighted by Crippen LogP contribution is -2.45. The maximum Gasteiger partial charge on any atom is 0.303 e. The van der Waals surface area contributed by atoms with E-state index in [4.69, 9.17) is 23.2 Å². The summed E-state index contributed by atoms with van der Waals surface area (Å²) in [4.78, 5) is 21.8. The van der Waals surface area contributed by atoms with Gasteiger partial charge in [-0.1, -0.05) is 29.3 Å². The van der Waals surface area contributed by atoms with E-state index in [1.54, 1.807) is 17.0 Å². The molecule has 1 aliphatic rings. The van der Waals surface area contributed by atoms with Gasteiger partial charge in [-0.2, -0.15) is 8.78 Å². The first kappa shape index (κ1) is 23.7. The molecule has 31 heavy (non-hydrogen) atoms. The van der Waals surface area contributed by atoms with Crippen molar-refractivity contribution >= 4 is 29.1 Å². The minimum atomic E-state index is -3.21. The maximum absolute atomic E-state index is 13.6. The van der Waals surface area contributed by atoms with Crippen molar-refractivity contribution in [1.29, 1.82) is 0 Å². The smallest absolute Gasteiger partial charge is 0.303 e. The van der Waals surface area contributed by atoms with Crippen LogP contribution in [-0.2, 0) is 5.92 Å². The van der Waals surface area contributed by atoms with E-state index in [0.717, 1.165) is 0 Å². The van der Waals surface area contributed by atoms with Crippen molar-refractivity contribution in [3.8, 4) is 0 Å². The highest BCUT2D eigenvalue weighted by atomic mass is 35.5. The minimum Gasteiger partial charge on any atom is -0.350 e. The average molecular weight is 479 g/mol. The predicted molar refractivity (Wildman–Crippen MR) is 109 cm³/mol. The summed E-state index contributed by atoms with van der Waals surface area (Å²) in [7, 11) is 0. The summed E-state index contributed by atoms with van der Waals surface area (Å²) in [5.41, 5.74) is 0.589. The van der Waals surface area contributed by atoms with Crippen LogP contribution < -0.4 is 5.32 Å². The zero-order chi connectivity index (χ0) is 22.8. The second kappa shape index (κ2) is 9.26. The Hall–Kier alpha value is -1.97. The summed E-state index contributed by atoms with van der Waals surface area (Å²) >= 11 is 12.0. The lowest BCUT2D eigenvalue weighted by Gasteiger charge is -2.37. The molecule has 1 aromatic carbocycles. The molecule has 0 spiro atoms. The number of nitrogens with one attached hydrogen (secondary N) is 1. The number of rotatable bonds is 6. The summed E-state index contributed by atoms with van der Waals surface area (Å²) in [5, 5.41) is 3.02. The Balaban J connectivity index is 1.80. The fraction of sp³-hybridized carbons (Fsp3) is 0.450. The van der Waals surface area contributed by atoms with E-state index in [9.17, 15) is 22.4 Å². The molecule has 1 aromatic heterocycles. The molecule has 3 rings (SSSR count). The number of benzene rings is 1.